The number of thiophene rings is 1. The third-order valence-electron chi connectivity index (χ3n) is 2.03. The van der Waals surface area contributed by atoms with E-state index in [1.165, 1.54) is 10.2 Å². The summed E-state index contributed by atoms with van der Waals surface area (Å²) in [6.07, 6.45) is 2.56. The molecule has 0 amide bonds. The van der Waals surface area contributed by atoms with E-state index >= 15 is 0 Å². The number of hydrogen-bond donors (Lipinski definition) is 0. The molecule has 0 atom stereocenters. The van der Waals surface area contributed by atoms with Crippen LogP contribution in [-0.4, -0.2) is 9.78 Å². The van der Waals surface area contributed by atoms with Crippen LogP contribution in [-0.2, 0) is 13.0 Å². The van der Waals surface area contributed by atoms with Crippen LogP contribution in [0.2, 0.25) is 0 Å². The summed E-state index contributed by atoms with van der Waals surface area (Å²) in [4.78, 5) is 11.5. The van der Waals surface area contributed by atoms with Crippen molar-refractivity contribution in [2.75, 3.05) is 0 Å². The minimum Gasteiger partial charge on any atom is -0.268 e. The quantitative estimate of drug-likeness (QED) is 0.808. The van der Waals surface area contributed by atoms with Crippen LogP contribution in [0, 0.1) is 3.57 Å². The summed E-state index contributed by atoms with van der Waals surface area (Å²) in [6.45, 7) is 0.645. The molecule has 2 aromatic rings. The molecule has 0 radical (unpaired) electrons. The van der Waals surface area contributed by atoms with E-state index in [2.05, 4.69) is 39.1 Å². The van der Waals surface area contributed by atoms with Crippen molar-refractivity contribution in [3.05, 3.63) is 48.6 Å². The van der Waals surface area contributed by atoms with Gasteiger partial charge in [-0.15, -0.1) is 0 Å². The molecule has 2 aromatic heterocycles. The van der Waals surface area contributed by atoms with Gasteiger partial charge in [0.15, 0.2) is 0 Å². The van der Waals surface area contributed by atoms with Crippen LogP contribution >= 0.6 is 33.9 Å². The zero-order valence-corrected chi connectivity index (χ0v) is 10.9. The molecule has 0 spiro atoms. The molecule has 2 heterocycles. The largest absolute Gasteiger partial charge is 0.268 e. The molecule has 0 aromatic carbocycles. The predicted molar refractivity (Wildman–Crippen MR) is 69.2 cm³/mol. The number of nitrogens with zero attached hydrogens (tertiary/aromatic N) is 2. The number of aryl methyl sites for hydroxylation is 2. The van der Waals surface area contributed by atoms with Crippen molar-refractivity contribution in [3.63, 3.8) is 0 Å². The molecule has 0 saturated heterocycles. The molecule has 0 bridgehead atoms. The average molecular weight is 332 g/mol. The van der Waals surface area contributed by atoms with Gasteiger partial charge < -0.3 is 0 Å². The summed E-state index contributed by atoms with van der Waals surface area (Å²) >= 11 is 3.76. The molecule has 78 valence electrons. The van der Waals surface area contributed by atoms with Gasteiger partial charge in [0, 0.05) is 16.2 Å². The molecule has 0 fully saturated rings. The second kappa shape index (κ2) is 4.89. The minimum absolute atomic E-state index is 0.0304. The van der Waals surface area contributed by atoms with Crippen molar-refractivity contribution in [1.82, 2.24) is 9.78 Å². The minimum atomic E-state index is -0.0304. The zero-order valence-electron chi connectivity index (χ0n) is 7.89. The van der Waals surface area contributed by atoms with E-state index in [1.54, 1.807) is 23.6 Å². The van der Waals surface area contributed by atoms with E-state index in [9.17, 15) is 4.79 Å². The van der Waals surface area contributed by atoms with E-state index in [0.29, 0.717) is 6.54 Å². The van der Waals surface area contributed by atoms with Gasteiger partial charge in [0.05, 0.1) is 6.20 Å². The maximum atomic E-state index is 11.5. The Morgan fingerprint density at radius 1 is 1.53 bits per heavy atom. The third kappa shape index (κ3) is 2.88. The highest BCUT2D eigenvalue weighted by Gasteiger charge is 1.99. The highest BCUT2D eigenvalue weighted by Crippen LogP contribution is 2.06. The van der Waals surface area contributed by atoms with Crippen LogP contribution in [0.5, 0.6) is 0 Å². The summed E-state index contributed by atoms with van der Waals surface area (Å²) < 4.78 is 2.38. The predicted octanol–water partition coefficient (Wildman–Crippen LogP) is 2.15. The molecular weight excluding hydrogens is 323 g/mol. The first kappa shape index (κ1) is 10.8. The van der Waals surface area contributed by atoms with Gasteiger partial charge in [-0.05, 0) is 51.4 Å². The third-order valence-corrected chi connectivity index (χ3v) is 3.35. The summed E-state index contributed by atoms with van der Waals surface area (Å²) in [6, 6.07) is 3.67. The standard InChI is InChI=1S/C10H9IN2OS/c11-9-5-10(14)13(12-6-9)3-1-8-2-4-15-7-8/h2,4-7H,1,3H2. The Morgan fingerprint density at radius 2 is 2.40 bits per heavy atom. The van der Waals surface area contributed by atoms with Crippen molar-refractivity contribution in [2.45, 2.75) is 13.0 Å². The summed E-state index contributed by atoms with van der Waals surface area (Å²) in [7, 11) is 0. The van der Waals surface area contributed by atoms with E-state index in [1.807, 2.05) is 5.38 Å². The van der Waals surface area contributed by atoms with Gasteiger partial charge in [0.2, 0.25) is 0 Å². The fourth-order valence-corrected chi connectivity index (χ4v) is 2.34. The molecule has 15 heavy (non-hydrogen) atoms. The maximum absolute atomic E-state index is 11.5. The van der Waals surface area contributed by atoms with E-state index in [4.69, 9.17) is 0 Å². The number of rotatable bonds is 3. The number of halogens is 1. The lowest BCUT2D eigenvalue weighted by Crippen LogP contribution is -2.23. The van der Waals surface area contributed by atoms with Crippen molar-refractivity contribution >= 4 is 33.9 Å². The summed E-state index contributed by atoms with van der Waals surface area (Å²) in [5.74, 6) is 0. The molecule has 0 aliphatic rings. The second-order valence-corrected chi connectivity index (χ2v) is 5.14. The van der Waals surface area contributed by atoms with Crippen molar-refractivity contribution in [2.24, 2.45) is 0 Å². The van der Waals surface area contributed by atoms with Crippen LogP contribution in [0.25, 0.3) is 0 Å². The van der Waals surface area contributed by atoms with Crippen LogP contribution in [0.4, 0.5) is 0 Å². The number of aromatic nitrogens is 2. The highest BCUT2D eigenvalue weighted by molar-refractivity contribution is 14.1. The Bertz CT molecular complexity index is 492. The van der Waals surface area contributed by atoms with E-state index in [-0.39, 0.29) is 5.56 Å². The fourth-order valence-electron chi connectivity index (χ4n) is 1.25. The Kier molecular flexibility index (Phi) is 3.53. The lowest BCUT2D eigenvalue weighted by Gasteiger charge is -2.02. The second-order valence-electron chi connectivity index (χ2n) is 3.12. The first-order valence-corrected chi connectivity index (χ1v) is 6.51. The normalized spacial score (nSPS) is 10.5. The number of hydrogen-bond acceptors (Lipinski definition) is 3. The van der Waals surface area contributed by atoms with E-state index in [0.717, 1.165) is 9.99 Å². The Morgan fingerprint density at radius 3 is 3.07 bits per heavy atom. The van der Waals surface area contributed by atoms with Gasteiger partial charge in [-0.2, -0.15) is 16.4 Å². The molecule has 0 N–H and O–H groups in total. The molecule has 0 aliphatic heterocycles. The Balaban J connectivity index is 2.09. The maximum Gasteiger partial charge on any atom is 0.267 e. The van der Waals surface area contributed by atoms with Crippen LogP contribution < -0.4 is 5.56 Å². The molecule has 0 saturated carbocycles. The van der Waals surface area contributed by atoms with E-state index < -0.39 is 0 Å². The zero-order chi connectivity index (χ0) is 10.7. The molecular formula is C10H9IN2OS. The van der Waals surface area contributed by atoms with Gasteiger partial charge >= 0.3 is 0 Å². The summed E-state index contributed by atoms with van der Waals surface area (Å²) in [5.41, 5.74) is 1.23. The lowest BCUT2D eigenvalue weighted by atomic mass is 10.2. The van der Waals surface area contributed by atoms with Gasteiger partial charge in [-0.25, -0.2) is 4.68 Å². The topological polar surface area (TPSA) is 34.9 Å². The van der Waals surface area contributed by atoms with Gasteiger partial charge in [-0.3, -0.25) is 4.79 Å². The van der Waals surface area contributed by atoms with Crippen LogP contribution in [0.15, 0.2) is 33.9 Å². The van der Waals surface area contributed by atoms with Crippen LogP contribution in [0.3, 0.4) is 0 Å². The lowest BCUT2D eigenvalue weighted by molar-refractivity contribution is 0.577. The highest BCUT2D eigenvalue weighted by atomic mass is 127. The SMILES string of the molecule is O=c1cc(I)cnn1CCc1ccsc1. The van der Waals surface area contributed by atoms with Gasteiger partial charge in [-0.1, -0.05) is 0 Å². The Hall–Kier alpha value is -0.690. The first-order valence-electron chi connectivity index (χ1n) is 4.49. The van der Waals surface area contributed by atoms with Crippen molar-refractivity contribution in [1.29, 1.82) is 0 Å². The average Bonchev–Trinajstić information content (AvgIpc) is 2.69. The fraction of sp³-hybridized carbons (Fsp3) is 0.200. The Labute approximate surface area is 105 Å². The molecule has 0 unspecified atom stereocenters. The van der Waals surface area contributed by atoms with Crippen LogP contribution in [0.1, 0.15) is 5.56 Å². The molecule has 2 rings (SSSR count). The van der Waals surface area contributed by atoms with Gasteiger partial charge in [0.25, 0.3) is 5.56 Å². The monoisotopic (exact) mass is 332 g/mol. The van der Waals surface area contributed by atoms with Gasteiger partial charge in [0.1, 0.15) is 0 Å². The smallest absolute Gasteiger partial charge is 0.267 e. The summed E-state index contributed by atoms with van der Waals surface area (Å²) in [5, 5.41) is 8.21. The first-order chi connectivity index (χ1) is 7.25. The van der Waals surface area contributed by atoms with Crippen molar-refractivity contribution in [3.8, 4) is 0 Å². The van der Waals surface area contributed by atoms with Crippen molar-refractivity contribution < 1.29 is 0 Å². The molecule has 5 heteroatoms. The molecule has 0 aliphatic carbocycles. The molecule has 3 nitrogen and oxygen atoms in total.